The van der Waals surface area contributed by atoms with Crippen LogP contribution in [-0.4, -0.2) is 153 Å². The number of carbonyl (C=O) groups excluding carboxylic acids is 2. The van der Waals surface area contributed by atoms with Gasteiger partial charge in [0, 0.05) is 90.0 Å². The Balaban J connectivity index is 0.000000201. The van der Waals surface area contributed by atoms with Gasteiger partial charge in [-0.3, -0.25) is 28.8 Å². The number of piperidine rings is 2. The molecule has 2 spiro atoms. The lowest BCUT2D eigenvalue weighted by Gasteiger charge is -2.50. The molecule has 4 aliphatic heterocycles. The number of amides is 2. The first kappa shape index (κ1) is 50.8. The summed E-state index contributed by atoms with van der Waals surface area (Å²) in [6, 6.07) is 14.8. The van der Waals surface area contributed by atoms with Gasteiger partial charge in [-0.1, -0.05) is 0 Å². The van der Waals surface area contributed by atoms with Crippen molar-refractivity contribution >= 4 is 11.8 Å². The number of alkyl halides is 4. The van der Waals surface area contributed by atoms with Gasteiger partial charge in [0.2, 0.25) is 0 Å². The molecule has 2 atom stereocenters. The molecular weight excluding hydrogens is 885 g/mol. The molecule has 2 aromatic heterocycles. The van der Waals surface area contributed by atoms with Gasteiger partial charge in [0.15, 0.2) is 0 Å². The van der Waals surface area contributed by atoms with Crippen LogP contribution in [0, 0.1) is 13.8 Å². The zero-order valence-corrected chi connectivity index (χ0v) is 40.7. The zero-order valence-electron chi connectivity index (χ0n) is 40.7. The molecule has 4 aromatic rings. The predicted molar refractivity (Wildman–Crippen MR) is 249 cm³/mol. The fourth-order valence-electron chi connectivity index (χ4n) is 9.94. The third kappa shape index (κ3) is 12.6. The molecule has 4 fully saturated rings. The van der Waals surface area contributed by atoms with Crippen LogP contribution >= 0.6 is 0 Å². The fraction of sp³-hybridized carbons (Fsp3) is 0.600. The molecule has 0 aliphatic carbocycles. The molecule has 0 saturated carbocycles. The minimum atomic E-state index is -2.41. The number of hydrogen-bond acceptors (Lipinski definition) is 10. The van der Waals surface area contributed by atoms with Crippen molar-refractivity contribution in [3.05, 3.63) is 94.6 Å². The molecule has 372 valence electrons. The molecule has 68 heavy (non-hydrogen) atoms. The summed E-state index contributed by atoms with van der Waals surface area (Å²) in [4.78, 5) is 33.6. The van der Waals surface area contributed by atoms with E-state index in [1.54, 1.807) is 37.5 Å². The van der Waals surface area contributed by atoms with E-state index in [9.17, 15) is 27.2 Å². The quantitative estimate of drug-likeness (QED) is 0.131. The number of rotatable bonds is 12. The number of likely N-dealkylation sites (tertiary alicyclic amines) is 2. The molecule has 4 saturated heterocycles. The Labute approximate surface area is 397 Å². The molecule has 8 rings (SSSR count). The van der Waals surface area contributed by atoms with Gasteiger partial charge in [0.25, 0.3) is 24.7 Å². The number of carbonyl (C=O) groups is 2. The molecule has 14 nitrogen and oxygen atoms in total. The third-order valence-corrected chi connectivity index (χ3v) is 13.2. The van der Waals surface area contributed by atoms with Crippen LogP contribution in [-0.2, 0) is 23.6 Å². The minimum Gasteiger partial charge on any atom is -0.491 e. The van der Waals surface area contributed by atoms with E-state index in [-0.39, 0.29) is 49.3 Å². The molecule has 0 N–H and O–H groups in total. The molecular formula is C50H68F4N8O6. The molecule has 0 radical (unpaired) electrons. The third-order valence-electron chi connectivity index (χ3n) is 13.2. The summed E-state index contributed by atoms with van der Waals surface area (Å²) in [5.41, 5.74) is 3.58. The summed E-state index contributed by atoms with van der Waals surface area (Å²) in [5.74, 6) is 1.49. The molecule has 6 heterocycles. The first-order chi connectivity index (χ1) is 32.3. The van der Waals surface area contributed by atoms with E-state index in [0.717, 1.165) is 34.0 Å². The van der Waals surface area contributed by atoms with Crippen LogP contribution in [0.15, 0.2) is 60.9 Å². The van der Waals surface area contributed by atoms with Gasteiger partial charge >= 0.3 is 0 Å². The van der Waals surface area contributed by atoms with E-state index >= 15 is 0 Å². The maximum atomic E-state index is 13.2. The van der Waals surface area contributed by atoms with E-state index in [0.29, 0.717) is 89.2 Å². The van der Waals surface area contributed by atoms with Gasteiger partial charge < -0.3 is 28.7 Å². The van der Waals surface area contributed by atoms with Crippen molar-refractivity contribution < 1.29 is 46.1 Å². The smallest absolute Gasteiger partial charge is 0.253 e. The summed E-state index contributed by atoms with van der Waals surface area (Å²) in [7, 11) is 3.66. The second-order valence-electron chi connectivity index (χ2n) is 19.4. The predicted octanol–water partition coefficient (Wildman–Crippen LogP) is 7.66. The molecule has 0 bridgehead atoms. The van der Waals surface area contributed by atoms with E-state index in [4.69, 9.17) is 18.9 Å². The topological polar surface area (TPSA) is 120 Å². The monoisotopic (exact) mass is 953 g/mol. The Morgan fingerprint density at radius 1 is 0.691 bits per heavy atom. The zero-order chi connectivity index (χ0) is 48.9. The SMILES string of the molecule is Cc1cc(C(=O)N2CCC3(CC2)CN(CC(F)F)CC(c2ccn(C)n2)O3)ccc1OC(C)C.Cc1cc(C(=O)N2CCC3(CC2)CN(CC(F)F)CC(c2ccnn2C)O3)ccc1OC(C)C. The molecule has 2 unspecified atom stereocenters. The van der Waals surface area contributed by atoms with Crippen molar-refractivity contribution in [2.75, 3.05) is 65.4 Å². The summed E-state index contributed by atoms with van der Waals surface area (Å²) in [5, 5.41) is 8.66. The van der Waals surface area contributed by atoms with Crippen LogP contribution in [0.4, 0.5) is 17.6 Å². The summed E-state index contributed by atoms with van der Waals surface area (Å²) in [6.45, 7) is 14.9. The number of morpholine rings is 2. The summed E-state index contributed by atoms with van der Waals surface area (Å²) >= 11 is 0. The minimum absolute atomic E-state index is 0.0301. The lowest BCUT2D eigenvalue weighted by atomic mass is 9.87. The van der Waals surface area contributed by atoms with Crippen molar-refractivity contribution in [3.8, 4) is 11.5 Å². The van der Waals surface area contributed by atoms with Gasteiger partial charge in [-0.05, 0) is 127 Å². The van der Waals surface area contributed by atoms with Crippen molar-refractivity contribution in [1.82, 2.24) is 39.2 Å². The first-order valence-corrected chi connectivity index (χ1v) is 23.8. The molecule has 18 heteroatoms. The van der Waals surface area contributed by atoms with Crippen molar-refractivity contribution in [2.24, 2.45) is 14.1 Å². The Hall–Kier alpha value is -5.04. The second kappa shape index (κ2) is 21.7. The van der Waals surface area contributed by atoms with Gasteiger partial charge in [-0.15, -0.1) is 0 Å². The normalized spacial score (nSPS) is 20.9. The van der Waals surface area contributed by atoms with Crippen LogP contribution in [0.5, 0.6) is 11.5 Å². The van der Waals surface area contributed by atoms with Crippen LogP contribution < -0.4 is 9.47 Å². The lowest BCUT2D eigenvalue weighted by Crippen LogP contribution is -2.58. The summed E-state index contributed by atoms with van der Waals surface area (Å²) < 4.78 is 81.0. The number of hydrogen-bond donors (Lipinski definition) is 0. The van der Waals surface area contributed by atoms with E-state index < -0.39 is 24.1 Å². The Morgan fingerprint density at radius 3 is 1.53 bits per heavy atom. The lowest BCUT2D eigenvalue weighted by molar-refractivity contribution is -0.182. The maximum Gasteiger partial charge on any atom is 0.253 e. The highest BCUT2D eigenvalue weighted by atomic mass is 19.3. The van der Waals surface area contributed by atoms with Crippen LogP contribution in [0.3, 0.4) is 0 Å². The number of aryl methyl sites for hydroxylation is 4. The van der Waals surface area contributed by atoms with Crippen molar-refractivity contribution in [2.45, 2.75) is 116 Å². The van der Waals surface area contributed by atoms with Crippen molar-refractivity contribution in [3.63, 3.8) is 0 Å². The van der Waals surface area contributed by atoms with E-state index in [1.165, 1.54) is 0 Å². The number of ether oxygens (including phenoxy) is 4. The highest BCUT2D eigenvalue weighted by molar-refractivity contribution is 5.95. The average molecular weight is 953 g/mol. The number of nitrogens with zero attached hydrogens (tertiary/aromatic N) is 8. The van der Waals surface area contributed by atoms with Gasteiger partial charge in [-0.25, -0.2) is 17.6 Å². The highest BCUT2D eigenvalue weighted by Crippen LogP contribution is 2.40. The summed E-state index contributed by atoms with van der Waals surface area (Å²) in [6.07, 6.45) is 0.511. The highest BCUT2D eigenvalue weighted by Gasteiger charge is 2.47. The van der Waals surface area contributed by atoms with Gasteiger partial charge in [-0.2, -0.15) is 10.2 Å². The van der Waals surface area contributed by atoms with Crippen LogP contribution in [0.2, 0.25) is 0 Å². The molecule has 2 aromatic carbocycles. The second-order valence-corrected chi connectivity index (χ2v) is 19.4. The van der Waals surface area contributed by atoms with Gasteiger partial charge in [0.1, 0.15) is 23.7 Å². The maximum absolute atomic E-state index is 13.2. The van der Waals surface area contributed by atoms with Crippen LogP contribution in [0.1, 0.15) is 109 Å². The van der Waals surface area contributed by atoms with E-state index in [2.05, 4.69) is 10.2 Å². The molecule has 4 aliphatic rings. The molecule has 2 amide bonds. The average Bonchev–Trinajstić information content (AvgIpc) is 3.92. The Bertz CT molecular complexity index is 2320. The number of aromatic nitrogens is 4. The van der Waals surface area contributed by atoms with Gasteiger partial charge in [0.05, 0.1) is 47.9 Å². The largest absolute Gasteiger partial charge is 0.491 e. The van der Waals surface area contributed by atoms with E-state index in [1.807, 2.05) is 108 Å². The van der Waals surface area contributed by atoms with Crippen LogP contribution in [0.25, 0.3) is 0 Å². The Kier molecular flexibility index (Phi) is 16.2. The number of benzene rings is 2. The first-order valence-electron chi connectivity index (χ1n) is 23.8. The fourth-order valence-corrected chi connectivity index (χ4v) is 9.94. The Morgan fingerprint density at radius 2 is 1.15 bits per heavy atom. The van der Waals surface area contributed by atoms with Crippen molar-refractivity contribution in [1.29, 1.82) is 0 Å². The standard InChI is InChI=1S/2C25H34F2N4O3/c1-17(2)33-21-6-5-19(13-18(21)3)24(32)31-11-8-25(9-12-31)16-30(15-23(26)27)14-22(34-25)20-7-10-29(4)28-20;1-17(2)33-21-6-5-19(13-18(21)3)24(32)31-11-8-25(9-12-31)16-30(15-23(26)27)14-22(34-25)20-7-10-28-29(20)4/h2*5-7,10,13,17,22-23H,8-9,11-12,14-16H2,1-4H3. The number of halogens is 4.